The third-order valence-electron chi connectivity index (χ3n) is 4.69. The average molecular weight is 380 g/mol. The topological polar surface area (TPSA) is 93.4 Å². The molecule has 2 aromatic rings. The van der Waals surface area contributed by atoms with E-state index in [1.54, 1.807) is 24.3 Å². The van der Waals surface area contributed by atoms with E-state index in [9.17, 15) is 18.0 Å². The minimum atomic E-state index is -3.75. The normalized spacial score (nSPS) is 15.6. The molecule has 0 aliphatic carbocycles. The zero-order valence-electron chi connectivity index (χ0n) is 14.8. The smallest absolute Gasteiger partial charge is 0.343 e. The summed E-state index contributed by atoms with van der Waals surface area (Å²) >= 11 is 0. The monoisotopic (exact) mass is 380 g/mol. The van der Waals surface area contributed by atoms with Gasteiger partial charge in [-0.3, -0.25) is 9.36 Å². The van der Waals surface area contributed by atoms with Gasteiger partial charge in [0.1, 0.15) is 6.54 Å². The van der Waals surface area contributed by atoms with Crippen molar-refractivity contribution in [2.45, 2.75) is 26.3 Å². The third-order valence-corrected chi connectivity index (χ3v) is 6.33. The van der Waals surface area contributed by atoms with Crippen LogP contribution in [0, 0.1) is 0 Å². The Labute approximate surface area is 152 Å². The molecule has 1 fully saturated rings. The highest BCUT2D eigenvalue weighted by Gasteiger charge is 2.22. The summed E-state index contributed by atoms with van der Waals surface area (Å²) in [6, 6.07) is 6.61. The first-order valence-corrected chi connectivity index (χ1v) is 10.5. The molecular formula is C17H24N4O4S. The first-order valence-electron chi connectivity index (χ1n) is 8.86. The Morgan fingerprint density at radius 1 is 1.15 bits per heavy atom. The highest BCUT2D eigenvalue weighted by molar-refractivity contribution is 7.90. The fourth-order valence-corrected chi connectivity index (χ4v) is 4.34. The molecule has 142 valence electrons. The number of hydrogen-bond donors (Lipinski definition) is 1. The summed E-state index contributed by atoms with van der Waals surface area (Å²) in [5.41, 5.74) is 0.0242. The van der Waals surface area contributed by atoms with Gasteiger partial charge in [0.25, 0.3) is 0 Å². The van der Waals surface area contributed by atoms with E-state index in [0.29, 0.717) is 17.6 Å². The van der Waals surface area contributed by atoms with Gasteiger partial charge in [-0.25, -0.2) is 13.2 Å². The second-order valence-electron chi connectivity index (χ2n) is 6.42. The van der Waals surface area contributed by atoms with Crippen LogP contribution >= 0.6 is 0 Å². The number of imidazole rings is 1. The second kappa shape index (κ2) is 7.63. The molecule has 9 heteroatoms. The summed E-state index contributed by atoms with van der Waals surface area (Å²) in [7, 11) is -3.75. The summed E-state index contributed by atoms with van der Waals surface area (Å²) in [5.74, 6) is -0.494. The molecule has 26 heavy (non-hydrogen) atoms. The van der Waals surface area contributed by atoms with Gasteiger partial charge in [0, 0.05) is 13.1 Å². The maximum atomic E-state index is 12.7. The molecule has 1 aromatic heterocycles. The molecule has 0 bridgehead atoms. The van der Waals surface area contributed by atoms with Gasteiger partial charge in [-0.2, -0.15) is 3.97 Å². The van der Waals surface area contributed by atoms with Gasteiger partial charge in [-0.05, 0) is 45.0 Å². The Morgan fingerprint density at radius 3 is 2.46 bits per heavy atom. The molecule has 1 N–H and O–H groups in total. The van der Waals surface area contributed by atoms with Crippen LogP contribution in [0.2, 0.25) is 0 Å². The maximum Gasteiger partial charge on any atom is 0.343 e. The van der Waals surface area contributed by atoms with Gasteiger partial charge in [-0.1, -0.05) is 12.1 Å². The number of nitrogens with zero attached hydrogens (tertiary/aromatic N) is 3. The zero-order chi connectivity index (χ0) is 18.7. The number of likely N-dealkylation sites (tertiary alicyclic amines) is 1. The first kappa shape index (κ1) is 18.7. The zero-order valence-corrected chi connectivity index (χ0v) is 15.7. The molecule has 1 amide bonds. The fraction of sp³-hybridized carbons (Fsp3) is 0.529. The van der Waals surface area contributed by atoms with E-state index in [-0.39, 0.29) is 18.2 Å². The molecule has 8 nitrogen and oxygen atoms in total. The second-order valence-corrected chi connectivity index (χ2v) is 8.53. The Hall–Kier alpha value is -2.13. The van der Waals surface area contributed by atoms with Crippen molar-refractivity contribution in [2.75, 3.05) is 31.9 Å². The number of hydrogen-bond acceptors (Lipinski definition) is 5. The van der Waals surface area contributed by atoms with Crippen LogP contribution in [-0.4, -0.2) is 59.7 Å². The average Bonchev–Trinajstić information content (AvgIpc) is 3.22. The molecule has 0 spiro atoms. The summed E-state index contributed by atoms with van der Waals surface area (Å²) in [4.78, 5) is 27.2. The van der Waals surface area contributed by atoms with Gasteiger partial charge < -0.3 is 10.2 Å². The standard InChI is InChI=1S/C17H24N4O4S/c1-2-26(24,25)21-15-8-4-3-7-14(15)20(17(21)23)13-16(22)18-9-12-19-10-5-6-11-19/h3-4,7-8H,2,5-6,9-13H2,1H3,(H,18,22). The number of rotatable bonds is 7. The van der Waals surface area contributed by atoms with Crippen LogP contribution in [0.4, 0.5) is 0 Å². The lowest BCUT2D eigenvalue weighted by atomic mass is 10.3. The predicted molar refractivity (Wildman–Crippen MR) is 99.7 cm³/mol. The highest BCUT2D eigenvalue weighted by atomic mass is 32.2. The van der Waals surface area contributed by atoms with Crippen molar-refractivity contribution in [3.05, 3.63) is 34.7 Å². The number of nitrogens with one attached hydrogen (secondary N) is 1. The largest absolute Gasteiger partial charge is 0.353 e. The molecule has 0 saturated carbocycles. The number of amides is 1. The number of para-hydroxylation sites is 2. The van der Waals surface area contributed by atoms with Crippen molar-refractivity contribution >= 4 is 27.0 Å². The fourth-order valence-electron chi connectivity index (χ4n) is 3.29. The van der Waals surface area contributed by atoms with E-state index in [1.165, 1.54) is 24.3 Å². The van der Waals surface area contributed by atoms with Crippen LogP contribution in [0.5, 0.6) is 0 Å². The molecule has 1 aromatic carbocycles. The summed E-state index contributed by atoms with van der Waals surface area (Å²) in [6.45, 7) is 4.69. The van der Waals surface area contributed by atoms with Gasteiger partial charge >= 0.3 is 5.69 Å². The van der Waals surface area contributed by atoms with Crippen LogP contribution in [-0.2, 0) is 21.4 Å². The third kappa shape index (κ3) is 3.68. The van der Waals surface area contributed by atoms with Gasteiger partial charge in [0.05, 0.1) is 16.8 Å². The maximum absolute atomic E-state index is 12.7. The van der Waals surface area contributed by atoms with Crippen molar-refractivity contribution in [1.82, 2.24) is 18.8 Å². The Morgan fingerprint density at radius 2 is 1.81 bits per heavy atom. The summed E-state index contributed by atoms with van der Waals surface area (Å²) < 4.78 is 26.6. The van der Waals surface area contributed by atoms with Crippen LogP contribution < -0.4 is 11.0 Å². The van der Waals surface area contributed by atoms with Crippen molar-refractivity contribution in [3.8, 4) is 0 Å². The van der Waals surface area contributed by atoms with Crippen LogP contribution in [0.3, 0.4) is 0 Å². The molecular weight excluding hydrogens is 356 g/mol. The number of aromatic nitrogens is 2. The molecule has 2 heterocycles. The van der Waals surface area contributed by atoms with Crippen LogP contribution in [0.25, 0.3) is 11.0 Å². The lowest BCUT2D eigenvalue weighted by Crippen LogP contribution is -2.38. The molecule has 0 radical (unpaired) electrons. The van der Waals surface area contributed by atoms with Crippen molar-refractivity contribution in [1.29, 1.82) is 0 Å². The highest BCUT2D eigenvalue weighted by Crippen LogP contribution is 2.15. The predicted octanol–water partition coefficient (Wildman–Crippen LogP) is 0.213. The van der Waals surface area contributed by atoms with E-state index in [4.69, 9.17) is 0 Å². The van der Waals surface area contributed by atoms with Crippen molar-refractivity contribution in [3.63, 3.8) is 0 Å². The number of carbonyl (C=O) groups excluding carboxylic acids is 1. The van der Waals surface area contributed by atoms with Gasteiger partial charge in [0.2, 0.25) is 15.9 Å². The minimum Gasteiger partial charge on any atom is -0.353 e. The van der Waals surface area contributed by atoms with Crippen LogP contribution in [0.1, 0.15) is 19.8 Å². The summed E-state index contributed by atoms with van der Waals surface area (Å²) in [6.07, 6.45) is 2.38. The molecule has 1 saturated heterocycles. The molecule has 1 aliphatic heterocycles. The van der Waals surface area contributed by atoms with Crippen molar-refractivity contribution in [2.24, 2.45) is 0 Å². The number of benzene rings is 1. The van der Waals surface area contributed by atoms with Gasteiger partial charge in [-0.15, -0.1) is 0 Å². The molecule has 3 rings (SSSR count). The Balaban J connectivity index is 1.80. The van der Waals surface area contributed by atoms with Crippen LogP contribution in [0.15, 0.2) is 29.1 Å². The van der Waals surface area contributed by atoms with E-state index in [1.807, 2.05) is 0 Å². The van der Waals surface area contributed by atoms with Gasteiger partial charge in [0.15, 0.2) is 0 Å². The lowest BCUT2D eigenvalue weighted by molar-refractivity contribution is -0.121. The molecule has 0 unspecified atom stereocenters. The quantitative estimate of drug-likeness (QED) is 0.741. The number of fused-ring (bicyclic) bond motifs is 1. The van der Waals surface area contributed by atoms with E-state index in [2.05, 4.69) is 10.2 Å². The van der Waals surface area contributed by atoms with Crippen molar-refractivity contribution < 1.29 is 13.2 Å². The number of carbonyl (C=O) groups is 1. The Kier molecular flexibility index (Phi) is 5.47. The first-order chi connectivity index (χ1) is 12.4. The van der Waals surface area contributed by atoms with E-state index in [0.717, 1.165) is 23.6 Å². The van der Waals surface area contributed by atoms with E-state index < -0.39 is 15.7 Å². The van der Waals surface area contributed by atoms with E-state index >= 15 is 0 Å². The lowest BCUT2D eigenvalue weighted by Gasteiger charge is -2.14. The SMILES string of the molecule is CCS(=O)(=O)n1c(=O)n(CC(=O)NCCN2CCCC2)c2ccccc21. The Bertz CT molecular complexity index is 955. The molecule has 1 aliphatic rings. The summed E-state index contributed by atoms with van der Waals surface area (Å²) in [5, 5.41) is 2.81. The molecule has 0 atom stereocenters. The minimum absolute atomic E-state index is 0.192.